The lowest BCUT2D eigenvalue weighted by Crippen LogP contribution is -2.32. The van der Waals surface area contributed by atoms with Gasteiger partial charge in [0.15, 0.2) is 0 Å². The lowest BCUT2D eigenvalue weighted by atomic mass is 10.2. The Labute approximate surface area is 212 Å². The first-order chi connectivity index (χ1) is 16.7. The van der Waals surface area contributed by atoms with Gasteiger partial charge in [0, 0.05) is 15.6 Å². The van der Waals surface area contributed by atoms with Gasteiger partial charge in [-0.3, -0.25) is 9.59 Å². The quantitative estimate of drug-likeness (QED) is 0.303. The van der Waals surface area contributed by atoms with Gasteiger partial charge in [0.1, 0.15) is 10.6 Å². The van der Waals surface area contributed by atoms with E-state index in [0.29, 0.717) is 22.0 Å². The van der Waals surface area contributed by atoms with Gasteiger partial charge in [-0.25, -0.2) is 9.69 Å². The number of nitrogens with one attached hydrogen (secondary N) is 1. The second kappa shape index (κ2) is 10.4. The molecule has 0 radical (unpaired) electrons. The van der Waals surface area contributed by atoms with E-state index in [2.05, 4.69) is 5.32 Å². The highest BCUT2D eigenvalue weighted by Gasteiger charge is 2.40. The number of imide groups is 1. The molecule has 0 saturated carbocycles. The molecule has 2 amide bonds. The third-order valence-corrected chi connectivity index (χ3v) is 6.41. The molecule has 0 bridgehead atoms. The Morgan fingerprint density at radius 3 is 2.29 bits per heavy atom. The molecule has 8 heteroatoms. The summed E-state index contributed by atoms with van der Waals surface area (Å²) in [6.45, 7) is 5.48. The fourth-order valence-electron chi connectivity index (χ4n) is 3.47. The average Bonchev–Trinajstić information content (AvgIpc) is 3.04. The molecule has 1 aliphatic rings. The molecule has 0 spiro atoms. The van der Waals surface area contributed by atoms with Gasteiger partial charge >= 0.3 is 5.97 Å². The Kier molecular flexibility index (Phi) is 7.28. The molecule has 0 saturated heterocycles. The summed E-state index contributed by atoms with van der Waals surface area (Å²) in [6.07, 6.45) is -0.254. The third kappa shape index (κ3) is 5.58. The van der Waals surface area contributed by atoms with Crippen LogP contribution in [0, 0.1) is 6.92 Å². The second-order valence-electron chi connectivity index (χ2n) is 8.20. The van der Waals surface area contributed by atoms with E-state index in [4.69, 9.17) is 16.3 Å². The summed E-state index contributed by atoms with van der Waals surface area (Å²) in [6, 6.07) is 20.8. The molecule has 1 aliphatic heterocycles. The largest absolute Gasteiger partial charge is 0.459 e. The van der Waals surface area contributed by atoms with Crippen LogP contribution in [-0.2, 0) is 14.3 Å². The van der Waals surface area contributed by atoms with Gasteiger partial charge in [0.2, 0.25) is 0 Å². The van der Waals surface area contributed by atoms with E-state index in [1.54, 1.807) is 62.4 Å². The molecule has 6 nitrogen and oxygen atoms in total. The number of aryl methyl sites for hydroxylation is 1. The van der Waals surface area contributed by atoms with Crippen LogP contribution < -0.4 is 10.2 Å². The maximum absolute atomic E-state index is 13.5. The first-order valence-electron chi connectivity index (χ1n) is 10.9. The summed E-state index contributed by atoms with van der Waals surface area (Å²) in [5, 5.41) is 3.72. The maximum atomic E-state index is 13.5. The van der Waals surface area contributed by atoms with Gasteiger partial charge in [0.05, 0.1) is 17.4 Å². The van der Waals surface area contributed by atoms with Crippen molar-refractivity contribution in [2.24, 2.45) is 0 Å². The number of esters is 1. The van der Waals surface area contributed by atoms with Crippen LogP contribution in [0.3, 0.4) is 0 Å². The van der Waals surface area contributed by atoms with Crippen LogP contribution in [0.5, 0.6) is 0 Å². The van der Waals surface area contributed by atoms with Gasteiger partial charge in [-0.05, 0) is 87.0 Å². The number of benzene rings is 3. The van der Waals surface area contributed by atoms with Crippen molar-refractivity contribution in [3.05, 3.63) is 99.5 Å². The van der Waals surface area contributed by atoms with Crippen molar-refractivity contribution in [2.75, 3.05) is 10.2 Å². The van der Waals surface area contributed by atoms with Crippen LogP contribution in [0.25, 0.3) is 0 Å². The summed E-state index contributed by atoms with van der Waals surface area (Å²) >= 11 is 7.19. The normalized spacial score (nSPS) is 13.6. The van der Waals surface area contributed by atoms with Crippen molar-refractivity contribution < 1.29 is 19.1 Å². The molecule has 35 heavy (non-hydrogen) atoms. The number of thioether (sulfide) groups is 1. The summed E-state index contributed by atoms with van der Waals surface area (Å²) in [7, 11) is 0. The topological polar surface area (TPSA) is 75.7 Å². The van der Waals surface area contributed by atoms with Crippen molar-refractivity contribution in [3.8, 4) is 0 Å². The first kappa shape index (κ1) is 24.6. The lowest BCUT2D eigenvalue weighted by Gasteiger charge is -2.16. The molecular formula is C27H23ClN2O4S. The van der Waals surface area contributed by atoms with Gasteiger partial charge in [-0.15, -0.1) is 0 Å². The highest BCUT2D eigenvalue weighted by Crippen LogP contribution is 2.38. The van der Waals surface area contributed by atoms with Gasteiger partial charge in [-0.1, -0.05) is 35.5 Å². The van der Waals surface area contributed by atoms with E-state index < -0.39 is 17.8 Å². The first-order valence-corrected chi connectivity index (χ1v) is 12.1. The van der Waals surface area contributed by atoms with Crippen molar-refractivity contribution in [1.29, 1.82) is 0 Å². The smallest absolute Gasteiger partial charge is 0.338 e. The minimum absolute atomic E-state index is 0.184. The van der Waals surface area contributed by atoms with Gasteiger partial charge < -0.3 is 10.1 Å². The number of carbonyl (C=O) groups excluding carboxylic acids is 3. The van der Waals surface area contributed by atoms with E-state index in [9.17, 15) is 14.4 Å². The van der Waals surface area contributed by atoms with Crippen molar-refractivity contribution in [1.82, 2.24) is 0 Å². The number of hydrogen-bond donors (Lipinski definition) is 1. The minimum atomic E-state index is -0.481. The Morgan fingerprint density at radius 2 is 1.66 bits per heavy atom. The van der Waals surface area contributed by atoms with Crippen molar-refractivity contribution in [3.63, 3.8) is 0 Å². The molecule has 3 aromatic carbocycles. The lowest BCUT2D eigenvalue weighted by molar-refractivity contribution is -0.120. The van der Waals surface area contributed by atoms with E-state index in [1.165, 1.54) is 11.8 Å². The number of ether oxygens (including phenoxy) is 1. The summed E-state index contributed by atoms with van der Waals surface area (Å²) in [5.41, 5.74) is 2.59. The predicted octanol–water partition coefficient (Wildman–Crippen LogP) is 6.20. The molecule has 4 rings (SSSR count). The molecular weight excluding hydrogens is 484 g/mol. The third-order valence-electron chi connectivity index (χ3n) is 5.07. The monoisotopic (exact) mass is 506 g/mol. The zero-order valence-electron chi connectivity index (χ0n) is 19.4. The van der Waals surface area contributed by atoms with Crippen LogP contribution in [0.4, 0.5) is 11.4 Å². The van der Waals surface area contributed by atoms with Crippen LogP contribution in [0.1, 0.15) is 29.8 Å². The number of rotatable bonds is 7. The fraction of sp³-hybridized carbons (Fsp3) is 0.148. The Bertz CT molecular complexity index is 1320. The number of amides is 2. The zero-order valence-corrected chi connectivity index (χ0v) is 20.9. The molecule has 0 fully saturated rings. The average molecular weight is 507 g/mol. The van der Waals surface area contributed by atoms with E-state index in [-0.39, 0.29) is 16.7 Å². The van der Waals surface area contributed by atoms with Crippen molar-refractivity contribution >= 4 is 52.5 Å². The van der Waals surface area contributed by atoms with Crippen LogP contribution in [0.15, 0.2) is 88.3 Å². The van der Waals surface area contributed by atoms with Crippen LogP contribution >= 0.6 is 23.4 Å². The highest BCUT2D eigenvalue weighted by atomic mass is 35.5. The SMILES string of the molecule is Cc1cccc(NC2=C(Sc3ccc(Cl)cc3)C(=O)N(c3ccc(C(=O)OC(C)C)cc3)C2=O)c1. The van der Waals surface area contributed by atoms with Gasteiger partial charge in [0.25, 0.3) is 11.8 Å². The number of carbonyl (C=O) groups is 3. The summed E-state index contributed by atoms with van der Waals surface area (Å²) < 4.78 is 5.21. The summed E-state index contributed by atoms with van der Waals surface area (Å²) in [5.74, 6) is -1.40. The molecule has 1 heterocycles. The standard InChI is InChI=1S/C27H23ClN2O4S/c1-16(2)34-27(33)18-7-11-21(12-8-18)30-25(31)23(29-20-6-4-5-17(3)15-20)24(26(30)32)35-22-13-9-19(28)10-14-22/h4-16,29H,1-3H3. The number of halogens is 1. The van der Waals surface area contributed by atoms with Crippen LogP contribution in [0.2, 0.25) is 5.02 Å². The molecule has 0 atom stereocenters. The predicted molar refractivity (Wildman–Crippen MR) is 139 cm³/mol. The molecule has 1 N–H and O–H groups in total. The fourth-order valence-corrected chi connectivity index (χ4v) is 4.52. The number of hydrogen-bond acceptors (Lipinski definition) is 6. The minimum Gasteiger partial charge on any atom is -0.459 e. The molecule has 0 unspecified atom stereocenters. The van der Waals surface area contributed by atoms with E-state index >= 15 is 0 Å². The highest BCUT2D eigenvalue weighted by molar-refractivity contribution is 8.04. The number of anilines is 2. The zero-order chi connectivity index (χ0) is 25.1. The maximum Gasteiger partial charge on any atom is 0.338 e. The molecule has 0 aromatic heterocycles. The molecule has 0 aliphatic carbocycles. The van der Waals surface area contributed by atoms with Crippen molar-refractivity contribution in [2.45, 2.75) is 31.8 Å². The van der Waals surface area contributed by atoms with E-state index in [0.717, 1.165) is 15.4 Å². The number of nitrogens with zero attached hydrogens (tertiary/aromatic N) is 1. The Morgan fingerprint density at radius 1 is 0.971 bits per heavy atom. The Balaban J connectivity index is 1.67. The molecule has 3 aromatic rings. The Hall–Kier alpha value is -3.55. The molecule has 178 valence electrons. The second-order valence-corrected chi connectivity index (χ2v) is 9.72. The van der Waals surface area contributed by atoms with Gasteiger partial charge in [-0.2, -0.15) is 0 Å². The van der Waals surface area contributed by atoms with E-state index in [1.807, 2.05) is 31.2 Å². The summed E-state index contributed by atoms with van der Waals surface area (Å²) in [4.78, 5) is 41.3. The van der Waals surface area contributed by atoms with Crippen LogP contribution in [-0.4, -0.2) is 23.9 Å².